The van der Waals surface area contributed by atoms with Crippen LogP contribution in [0.5, 0.6) is 0 Å². The van der Waals surface area contributed by atoms with Crippen molar-refractivity contribution in [3.8, 4) is 0 Å². The third kappa shape index (κ3) is 5.28. The van der Waals surface area contributed by atoms with Gasteiger partial charge in [0.25, 0.3) is 5.91 Å². The summed E-state index contributed by atoms with van der Waals surface area (Å²) in [5.74, 6) is -2.08. The third-order valence-electron chi connectivity index (χ3n) is 5.47. The molecule has 3 aromatic carbocycles. The Hall–Kier alpha value is -1.66. The molecule has 0 bridgehead atoms. The lowest BCUT2D eigenvalue weighted by atomic mass is 10.1. The van der Waals surface area contributed by atoms with E-state index >= 15 is 0 Å². The van der Waals surface area contributed by atoms with Gasteiger partial charge in [0.05, 0.1) is 16.5 Å². The maximum Gasteiger partial charge on any atom is 0.257 e. The van der Waals surface area contributed by atoms with Crippen LogP contribution in [0.3, 0.4) is 0 Å². The average molecular weight is 577 g/mol. The van der Waals surface area contributed by atoms with Gasteiger partial charge < -0.3 is 10.6 Å². The number of hydrogen-bond acceptors (Lipinski definition) is 2. The van der Waals surface area contributed by atoms with Crippen molar-refractivity contribution in [3.63, 3.8) is 0 Å². The Kier molecular flexibility index (Phi) is 7.31. The Labute approximate surface area is 226 Å². The molecule has 2 amide bonds. The molecule has 0 radical (unpaired) electrons. The van der Waals surface area contributed by atoms with Gasteiger partial charge in [-0.1, -0.05) is 46.4 Å². The summed E-state index contributed by atoms with van der Waals surface area (Å²) in [5.41, 5.74) is 2.59. The van der Waals surface area contributed by atoms with Crippen LogP contribution >= 0.6 is 69.6 Å². The number of anilines is 2. The summed E-state index contributed by atoms with van der Waals surface area (Å²) >= 11 is 37.3. The number of hydrogen-bond donors (Lipinski definition) is 2. The standard InChI is InChI=1S/C24H16Cl6N2O2/c1-11-6-15(2-4-18(11)27)31-22(33)17-10-16(3-5-19(17)28)32-23(34)21-20(24(21,29)30)12-7-13(25)9-14(26)8-12/h2-10,20-21H,1H3,(H,31,33)(H,32,34)/t20-,21+/m1/s1. The molecular weight excluding hydrogens is 561 g/mol. The van der Waals surface area contributed by atoms with Gasteiger partial charge in [-0.25, -0.2) is 0 Å². The van der Waals surface area contributed by atoms with Crippen molar-refractivity contribution < 1.29 is 9.59 Å². The first kappa shape index (κ1) is 25.4. The highest BCUT2D eigenvalue weighted by Gasteiger charge is 2.67. The van der Waals surface area contributed by atoms with Crippen LogP contribution in [0, 0.1) is 12.8 Å². The van der Waals surface area contributed by atoms with Crippen LogP contribution in [-0.4, -0.2) is 16.1 Å². The van der Waals surface area contributed by atoms with Crippen LogP contribution in [-0.2, 0) is 4.79 Å². The quantitative estimate of drug-likeness (QED) is 0.300. The van der Waals surface area contributed by atoms with Gasteiger partial charge >= 0.3 is 0 Å². The predicted octanol–water partition coefficient (Wildman–Crippen LogP) is 8.39. The van der Waals surface area contributed by atoms with Crippen LogP contribution in [0.15, 0.2) is 54.6 Å². The number of benzene rings is 3. The number of nitrogens with one attached hydrogen (secondary N) is 2. The van der Waals surface area contributed by atoms with Crippen molar-refractivity contribution in [2.24, 2.45) is 5.92 Å². The lowest BCUT2D eigenvalue weighted by molar-refractivity contribution is -0.117. The first-order chi connectivity index (χ1) is 16.0. The van der Waals surface area contributed by atoms with Crippen molar-refractivity contribution in [1.82, 2.24) is 0 Å². The third-order valence-corrected chi connectivity index (χ3v) is 7.60. The second-order valence-corrected chi connectivity index (χ2v) is 11.1. The first-order valence-corrected chi connectivity index (χ1v) is 12.3. The fraction of sp³-hybridized carbons (Fsp3) is 0.167. The number of rotatable bonds is 5. The van der Waals surface area contributed by atoms with Crippen molar-refractivity contribution in [2.45, 2.75) is 17.2 Å². The Bertz CT molecular complexity index is 1290. The molecule has 1 aliphatic carbocycles. The Morgan fingerprint density at radius 3 is 2.00 bits per heavy atom. The van der Waals surface area contributed by atoms with Crippen molar-refractivity contribution in [1.29, 1.82) is 0 Å². The number of amides is 2. The van der Waals surface area contributed by atoms with E-state index in [1.807, 2.05) is 6.92 Å². The summed E-state index contributed by atoms with van der Waals surface area (Å²) in [5, 5.41) is 7.19. The average Bonchev–Trinajstić information content (AvgIpc) is 3.33. The molecule has 2 atom stereocenters. The SMILES string of the molecule is Cc1cc(NC(=O)c2cc(NC(=O)[C@@H]3[C@@H](c4cc(Cl)cc(Cl)c4)C3(Cl)Cl)ccc2Cl)ccc1Cl. The molecule has 0 aliphatic heterocycles. The Balaban J connectivity index is 1.51. The first-order valence-electron chi connectivity index (χ1n) is 9.99. The van der Waals surface area contributed by atoms with Gasteiger partial charge in [0.1, 0.15) is 4.33 Å². The lowest BCUT2D eigenvalue weighted by Gasteiger charge is -2.11. The number of carbonyl (C=O) groups is 2. The van der Waals surface area contributed by atoms with Crippen molar-refractivity contribution in [2.75, 3.05) is 10.6 Å². The molecule has 0 spiro atoms. The highest BCUT2D eigenvalue weighted by molar-refractivity contribution is 6.53. The molecule has 1 fully saturated rings. The van der Waals surface area contributed by atoms with Gasteiger partial charge in [-0.15, -0.1) is 23.2 Å². The van der Waals surface area contributed by atoms with Crippen LogP contribution < -0.4 is 10.6 Å². The minimum atomic E-state index is -1.32. The number of aryl methyl sites for hydroxylation is 1. The van der Waals surface area contributed by atoms with Crippen molar-refractivity contribution in [3.05, 3.63) is 91.4 Å². The fourth-order valence-electron chi connectivity index (χ4n) is 3.74. The van der Waals surface area contributed by atoms with E-state index < -0.39 is 28.0 Å². The van der Waals surface area contributed by atoms with E-state index in [-0.39, 0.29) is 10.6 Å². The van der Waals surface area contributed by atoms with Gasteiger partial charge in [0.2, 0.25) is 5.91 Å². The van der Waals surface area contributed by atoms with E-state index in [4.69, 9.17) is 69.6 Å². The van der Waals surface area contributed by atoms with Crippen LogP contribution in [0.2, 0.25) is 20.1 Å². The molecule has 0 unspecified atom stereocenters. The molecule has 3 aromatic rings. The molecule has 4 nitrogen and oxygen atoms in total. The zero-order valence-electron chi connectivity index (χ0n) is 17.4. The smallest absolute Gasteiger partial charge is 0.257 e. The maximum atomic E-state index is 13.0. The normalized spacial score (nSPS) is 18.3. The number of halogens is 6. The van der Waals surface area contributed by atoms with Gasteiger partial charge in [-0.2, -0.15) is 0 Å². The second kappa shape index (κ2) is 9.77. The summed E-state index contributed by atoms with van der Waals surface area (Å²) in [4.78, 5) is 25.8. The van der Waals surface area contributed by atoms with Gasteiger partial charge in [0.15, 0.2) is 0 Å². The molecule has 176 valence electrons. The summed E-state index contributed by atoms with van der Waals surface area (Å²) in [7, 11) is 0. The maximum absolute atomic E-state index is 13.0. The van der Waals surface area contributed by atoms with Gasteiger partial charge in [-0.3, -0.25) is 9.59 Å². The molecule has 1 saturated carbocycles. The summed E-state index contributed by atoms with van der Waals surface area (Å²) < 4.78 is -1.32. The van der Waals surface area contributed by atoms with Crippen molar-refractivity contribution >= 4 is 92.8 Å². The molecule has 2 N–H and O–H groups in total. The largest absolute Gasteiger partial charge is 0.326 e. The molecule has 34 heavy (non-hydrogen) atoms. The fourth-order valence-corrected chi connectivity index (χ4v) is 5.43. The van der Waals surface area contributed by atoms with E-state index in [9.17, 15) is 9.59 Å². The summed E-state index contributed by atoms with van der Waals surface area (Å²) in [6, 6.07) is 14.6. The zero-order chi connectivity index (χ0) is 24.8. The summed E-state index contributed by atoms with van der Waals surface area (Å²) in [6.07, 6.45) is 0. The van der Waals surface area contributed by atoms with E-state index in [1.54, 1.807) is 42.5 Å². The zero-order valence-corrected chi connectivity index (χ0v) is 22.0. The minimum Gasteiger partial charge on any atom is -0.326 e. The molecule has 10 heteroatoms. The van der Waals surface area contributed by atoms with Gasteiger partial charge in [-0.05, 0) is 72.6 Å². The number of carbonyl (C=O) groups excluding carboxylic acids is 2. The van der Waals surface area contributed by atoms with E-state index in [2.05, 4.69) is 10.6 Å². The number of alkyl halides is 2. The molecule has 1 aliphatic rings. The highest BCUT2D eigenvalue weighted by atomic mass is 35.5. The lowest BCUT2D eigenvalue weighted by Crippen LogP contribution is -2.18. The van der Waals surface area contributed by atoms with Crippen LogP contribution in [0.25, 0.3) is 0 Å². The van der Waals surface area contributed by atoms with Crippen LogP contribution in [0.4, 0.5) is 11.4 Å². The van der Waals surface area contributed by atoms with E-state index in [0.29, 0.717) is 32.0 Å². The molecule has 0 saturated heterocycles. The molecular formula is C24H16Cl6N2O2. The van der Waals surface area contributed by atoms with E-state index in [0.717, 1.165) is 5.56 Å². The second-order valence-electron chi connectivity index (χ2n) is 7.93. The predicted molar refractivity (Wildman–Crippen MR) is 141 cm³/mol. The molecule has 0 heterocycles. The van der Waals surface area contributed by atoms with Gasteiger partial charge in [0, 0.05) is 32.4 Å². The monoisotopic (exact) mass is 574 g/mol. The topological polar surface area (TPSA) is 58.2 Å². The molecule has 4 rings (SSSR count). The highest BCUT2D eigenvalue weighted by Crippen LogP contribution is 2.65. The summed E-state index contributed by atoms with van der Waals surface area (Å²) in [6.45, 7) is 1.83. The molecule has 0 aromatic heterocycles. The Morgan fingerprint density at radius 1 is 0.794 bits per heavy atom. The Morgan fingerprint density at radius 2 is 1.38 bits per heavy atom. The minimum absolute atomic E-state index is 0.184. The van der Waals surface area contributed by atoms with Crippen LogP contribution in [0.1, 0.15) is 27.4 Å². The van der Waals surface area contributed by atoms with E-state index in [1.165, 1.54) is 12.1 Å².